The molecule has 0 bridgehead atoms. The largest absolute Gasteiger partial charge is 0.470 e. The highest BCUT2D eigenvalue weighted by atomic mass is 32.2. The van der Waals surface area contributed by atoms with Gasteiger partial charge < -0.3 is 20.1 Å². The fourth-order valence-corrected chi connectivity index (χ4v) is 2.91. The van der Waals surface area contributed by atoms with Crippen LogP contribution in [0.4, 0.5) is 0 Å². The average molecular weight is 294 g/mol. The molecule has 0 saturated heterocycles. The summed E-state index contributed by atoms with van der Waals surface area (Å²) >= 11 is 4.95. The third-order valence-electron chi connectivity index (χ3n) is 2.42. The van der Waals surface area contributed by atoms with Crippen LogP contribution in [-0.4, -0.2) is 68.7 Å². The van der Waals surface area contributed by atoms with Gasteiger partial charge in [0.1, 0.15) is 6.61 Å². The summed E-state index contributed by atoms with van der Waals surface area (Å²) in [6.45, 7) is 1.71. The smallest absolute Gasteiger partial charge is 0.257 e. The molecule has 0 amide bonds. The van der Waals surface area contributed by atoms with E-state index in [9.17, 15) is 8.42 Å². The first-order valence-electron chi connectivity index (χ1n) is 5.56. The Morgan fingerprint density at radius 3 is 2.89 bits per heavy atom. The van der Waals surface area contributed by atoms with Crippen LogP contribution in [0.3, 0.4) is 0 Å². The number of aliphatic hydroxyl groups excluding tert-OH is 1. The van der Waals surface area contributed by atoms with Crippen molar-refractivity contribution in [1.29, 1.82) is 0 Å². The van der Waals surface area contributed by atoms with E-state index in [2.05, 4.69) is 5.32 Å². The van der Waals surface area contributed by atoms with Crippen molar-refractivity contribution in [3.63, 3.8) is 0 Å². The summed E-state index contributed by atoms with van der Waals surface area (Å²) in [5, 5.41) is 12.9. The van der Waals surface area contributed by atoms with Crippen LogP contribution in [-0.2, 0) is 14.6 Å². The van der Waals surface area contributed by atoms with Crippen molar-refractivity contribution in [2.75, 3.05) is 39.1 Å². The molecule has 0 spiro atoms. The maximum atomic E-state index is 11.2. The molecule has 1 aliphatic heterocycles. The van der Waals surface area contributed by atoms with Gasteiger partial charge in [-0.1, -0.05) is 0 Å². The predicted octanol–water partition coefficient (Wildman–Crippen LogP) is -0.888. The molecule has 0 aliphatic carbocycles. The molecular formula is C10H18N2O4S2. The molecule has 2 N–H and O–H groups in total. The molecule has 0 radical (unpaired) electrons. The van der Waals surface area contributed by atoms with E-state index in [1.165, 1.54) is 5.41 Å². The van der Waals surface area contributed by atoms with Gasteiger partial charge in [0.2, 0.25) is 0 Å². The fourth-order valence-electron chi connectivity index (χ4n) is 1.44. The predicted molar refractivity (Wildman–Crippen MR) is 73.0 cm³/mol. The molecule has 1 rings (SSSR count). The van der Waals surface area contributed by atoms with Crippen molar-refractivity contribution in [3.8, 4) is 0 Å². The number of aliphatic hydroxyl groups is 1. The Bertz CT molecular complexity index is 408. The lowest BCUT2D eigenvalue weighted by Crippen LogP contribution is -2.37. The van der Waals surface area contributed by atoms with Gasteiger partial charge in [0, 0.05) is 18.5 Å². The van der Waals surface area contributed by atoms with Crippen molar-refractivity contribution in [2.45, 2.75) is 6.04 Å². The quantitative estimate of drug-likeness (QED) is 0.615. The average Bonchev–Trinajstić information content (AvgIpc) is 2.58. The van der Waals surface area contributed by atoms with E-state index in [0.29, 0.717) is 19.7 Å². The van der Waals surface area contributed by atoms with Crippen molar-refractivity contribution in [1.82, 2.24) is 10.2 Å². The minimum absolute atomic E-state index is 0.0148. The lowest BCUT2D eigenvalue weighted by Gasteiger charge is -2.17. The highest BCUT2D eigenvalue weighted by molar-refractivity contribution is 7.94. The Morgan fingerprint density at radius 2 is 2.33 bits per heavy atom. The molecule has 6 nitrogen and oxygen atoms in total. The van der Waals surface area contributed by atoms with E-state index in [4.69, 9.17) is 22.1 Å². The first kappa shape index (κ1) is 15.4. The Hall–Kier alpha value is -0.700. The van der Waals surface area contributed by atoms with E-state index in [0.717, 1.165) is 0 Å². The monoisotopic (exact) mass is 294 g/mol. The second kappa shape index (κ2) is 7.03. The number of nitrogens with zero attached hydrogens (tertiary/aromatic N) is 1. The fraction of sp³-hybridized carbons (Fsp3) is 0.700. The summed E-state index contributed by atoms with van der Waals surface area (Å²) in [5.74, 6) is 0.0148. The van der Waals surface area contributed by atoms with Gasteiger partial charge in [-0.05, 0) is 25.3 Å². The van der Waals surface area contributed by atoms with Gasteiger partial charge in [0.25, 0.3) is 5.17 Å². The summed E-state index contributed by atoms with van der Waals surface area (Å²) in [6, 6.07) is -0.308. The topological polar surface area (TPSA) is 78.9 Å². The van der Waals surface area contributed by atoms with Crippen LogP contribution < -0.4 is 5.32 Å². The molecule has 0 fully saturated rings. The molecular weight excluding hydrogens is 276 g/mol. The molecule has 0 aromatic heterocycles. The summed E-state index contributed by atoms with van der Waals surface area (Å²) in [6.07, 6.45) is 1.56. The highest BCUT2D eigenvalue weighted by Gasteiger charge is 2.22. The Balaban J connectivity index is 2.17. The molecule has 1 unspecified atom stereocenters. The van der Waals surface area contributed by atoms with E-state index in [1.54, 1.807) is 6.08 Å². The first-order chi connectivity index (χ1) is 8.43. The van der Waals surface area contributed by atoms with E-state index in [-0.39, 0.29) is 23.6 Å². The van der Waals surface area contributed by atoms with Crippen LogP contribution in [0.2, 0.25) is 0 Å². The zero-order valence-electron chi connectivity index (χ0n) is 10.2. The second-order valence-electron chi connectivity index (χ2n) is 4.07. The Morgan fingerprint density at radius 1 is 1.61 bits per heavy atom. The van der Waals surface area contributed by atoms with Gasteiger partial charge in [-0.3, -0.25) is 0 Å². The van der Waals surface area contributed by atoms with Crippen molar-refractivity contribution in [3.05, 3.63) is 11.5 Å². The number of nitrogens with one attached hydrogen (secondary N) is 1. The van der Waals surface area contributed by atoms with Gasteiger partial charge in [-0.15, -0.1) is 0 Å². The molecule has 1 heterocycles. The van der Waals surface area contributed by atoms with Gasteiger partial charge in [0.05, 0.1) is 18.4 Å². The second-order valence-corrected chi connectivity index (χ2v) is 6.37. The SMILES string of the molecule is CN(CCO)CCOC(=S)NC1C=CS(=O)(=O)C1. The van der Waals surface area contributed by atoms with Crippen LogP contribution in [0.5, 0.6) is 0 Å². The van der Waals surface area contributed by atoms with Gasteiger partial charge >= 0.3 is 0 Å². The van der Waals surface area contributed by atoms with Crippen LogP contribution >= 0.6 is 12.2 Å². The summed E-state index contributed by atoms with van der Waals surface area (Å²) in [5.41, 5.74) is 0. The zero-order chi connectivity index (χ0) is 13.6. The number of ether oxygens (including phenoxy) is 1. The van der Waals surface area contributed by atoms with E-state index in [1.807, 2.05) is 11.9 Å². The van der Waals surface area contributed by atoms with Crippen molar-refractivity contribution < 1.29 is 18.3 Å². The van der Waals surface area contributed by atoms with Gasteiger partial charge in [-0.2, -0.15) is 0 Å². The van der Waals surface area contributed by atoms with Gasteiger partial charge in [-0.25, -0.2) is 8.42 Å². The summed E-state index contributed by atoms with van der Waals surface area (Å²) in [4.78, 5) is 1.91. The number of hydrogen-bond donors (Lipinski definition) is 2. The number of rotatable bonds is 6. The Kier molecular flexibility index (Phi) is 6.00. The minimum Gasteiger partial charge on any atom is -0.470 e. The number of likely N-dealkylation sites (N-methyl/N-ethyl adjacent to an activating group) is 1. The number of sulfone groups is 1. The molecule has 104 valence electrons. The standard InChI is InChI=1S/C10H18N2O4S2/c1-12(3-5-13)4-6-16-10(17)11-9-2-7-18(14,15)8-9/h2,7,9,13H,3-6,8H2,1H3,(H,11,17). The lowest BCUT2D eigenvalue weighted by molar-refractivity contribution is 0.187. The summed E-state index contributed by atoms with van der Waals surface area (Å²) < 4.78 is 27.6. The summed E-state index contributed by atoms with van der Waals surface area (Å²) in [7, 11) is -1.21. The molecule has 0 aromatic carbocycles. The normalized spacial score (nSPS) is 21.2. The lowest BCUT2D eigenvalue weighted by atomic mass is 10.3. The minimum atomic E-state index is -3.08. The molecule has 1 aliphatic rings. The van der Waals surface area contributed by atoms with Gasteiger partial charge in [0.15, 0.2) is 9.84 Å². The molecule has 0 aromatic rings. The van der Waals surface area contributed by atoms with Crippen LogP contribution in [0, 0.1) is 0 Å². The number of hydrogen-bond acceptors (Lipinski definition) is 6. The van der Waals surface area contributed by atoms with Crippen LogP contribution in [0.25, 0.3) is 0 Å². The third kappa shape index (κ3) is 5.76. The first-order valence-corrected chi connectivity index (χ1v) is 7.69. The van der Waals surface area contributed by atoms with Crippen molar-refractivity contribution in [2.24, 2.45) is 0 Å². The van der Waals surface area contributed by atoms with Crippen molar-refractivity contribution >= 4 is 27.2 Å². The van der Waals surface area contributed by atoms with Crippen LogP contribution in [0.15, 0.2) is 11.5 Å². The molecule has 18 heavy (non-hydrogen) atoms. The van der Waals surface area contributed by atoms with E-state index < -0.39 is 9.84 Å². The number of thiocarbonyl (C=S) groups is 1. The molecule has 0 saturated carbocycles. The highest BCUT2D eigenvalue weighted by Crippen LogP contribution is 2.07. The zero-order valence-corrected chi connectivity index (χ0v) is 11.8. The maximum Gasteiger partial charge on any atom is 0.257 e. The van der Waals surface area contributed by atoms with Crippen LogP contribution in [0.1, 0.15) is 0 Å². The van der Waals surface area contributed by atoms with E-state index >= 15 is 0 Å². The molecule has 1 atom stereocenters. The third-order valence-corrected chi connectivity index (χ3v) is 4.05. The Labute approximate surface area is 113 Å². The molecule has 8 heteroatoms. The maximum absolute atomic E-state index is 11.2.